The van der Waals surface area contributed by atoms with Crippen LogP contribution in [0.15, 0.2) is 22.9 Å². The summed E-state index contributed by atoms with van der Waals surface area (Å²) in [5, 5.41) is 8.03. The van der Waals surface area contributed by atoms with E-state index in [4.69, 9.17) is 9.15 Å². The van der Waals surface area contributed by atoms with Gasteiger partial charge in [0.25, 0.3) is 0 Å². The average Bonchev–Trinajstić information content (AvgIpc) is 3.15. The monoisotopic (exact) mass is 301 g/mol. The van der Waals surface area contributed by atoms with Crippen LogP contribution in [0.1, 0.15) is 11.8 Å². The predicted octanol–water partition coefficient (Wildman–Crippen LogP) is 1.11. The Kier molecular flexibility index (Phi) is 3.49. The van der Waals surface area contributed by atoms with Gasteiger partial charge in [-0.3, -0.25) is 0 Å². The van der Waals surface area contributed by atoms with Crippen molar-refractivity contribution >= 4 is 5.95 Å². The lowest BCUT2D eigenvalue weighted by atomic mass is 9.81. The van der Waals surface area contributed by atoms with Gasteiger partial charge in [-0.1, -0.05) is 0 Å². The van der Waals surface area contributed by atoms with Crippen molar-refractivity contribution in [2.24, 2.45) is 17.8 Å². The van der Waals surface area contributed by atoms with Crippen LogP contribution in [-0.4, -0.2) is 46.5 Å². The first kappa shape index (κ1) is 13.6. The molecule has 0 amide bonds. The molecule has 7 nitrogen and oxygen atoms in total. The van der Waals surface area contributed by atoms with Crippen LogP contribution in [0.5, 0.6) is 0 Å². The number of hydrogen-bond acceptors (Lipinski definition) is 7. The van der Waals surface area contributed by atoms with E-state index in [2.05, 4.69) is 25.1 Å². The third-order valence-corrected chi connectivity index (χ3v) is 4.60. The summed E-state index contributed by atoms with van der Waals surface area (Å²) in [6, 6.07) is 1.84. The molecule has 0 N–H and O–H groups in total. The molecule has 2 aliphatic heterocycles. The molecule has 2 aromatic heterocycles. The van der Waals surface area contributed by atoms with Gasteiger partial charge in [0.05, 0.1) is 13.2 Å². The zero-order valence-electron chi connectivity index (χ0n) is 12.6. The molecule has 7 heteroatoms. The molecule has 2 aliphatic rings. The van der Waals surface area contributed by atoms with Crippen LogP contribution in [-0.2, 0) is 11.2 Å². The van der Waals surface area contributed by atoms with Gasteiger partial charge in [-0.2, -0.15) is 0 Å². The number of hydrogen-bond donors (Lipinski definition) is 0. The normalized spacial score (nSPS) is 27.9. The Hall–Kier alpha value is -2.02. The topological polar surface area (TPSA) is 77.2 Å². The highest BCUT2D eigenvalue weighted by Gasteiger charge is 2.42. The standard InChI is InChI=1S/C15H19N5O2/c1-10-18-19-14(22-10)5-11-8-21-9-12-6-20(7-13(11)12)15-16-3-2-4-17-15/h2-4,11-13H,5-9H2,1H3/t11-,12-,13+/m1/s1. The zero-order valence-corrected chi connectivity index (χ0v) is 12.6. The molecule has 0 bridgehead atoms. The van der Waals surface area contributed by atoms with Gasteiger partial charge >= 0.3 is 0 Å². The molecular weight excluding hydrogens is 282 g/mol. The molecule has 0 aliphatic carbocycles. The number of rotatable bonds is 3. The van der Waals surface area contributed by atoms with Gasteiger partial charge in [-0.25, -0.2) is 9.97 Å². The second kappa shape index (κ2) is 5.64. The molecule has 2 saturated heterocycles. The molecule has 0 saturated carbocycles. The minimum absolute atomic E-state index is 0.410. The molecule has 4 heterocycles. The second-order valence-corrected chi connectivity index (χ2v) is 6.09. The van der Waals surface area contributed by atoms with Crippen LogP contribution in [0.25, 0.3) is 0 Å². The maximum atomic E-state index is 5.80. The maximum Gasteiger partial charge on any atom is 0.225 e. The Labute approximate surface area is 128 Å². The van der Waals surface area contributed by atoms with Gasteiger partial charge in [0, 0.05) is 44.7 Å². The largest absolute Gasteiger partial charge is 0.426 e. The molecule has 22 heavy (non-hydrogen) atoms. The summed E-state index contributed by atoms with van der Waals surface area (Å²) in [4.78, 5) is 11.0. The Morgan fingerprint density at radius 1 is 1.18 bits per heavy atom. The van der Waals surface area contributed by atoms with Crippen LogP contribution in [0.4, 0.5) is 5.95 Å². The summed E-state index contributed by atoms with van der Waals surface area (Å²) in [5.74, 6) is 3.63. The molecule has 4 rings (SSSR count). The van der Waals surface area contributed by atoms with Crippen molar-refractivity contribution in [2.75, 3.05) is 31.2 Å². The van der Waals surface area contributed by atoms with Gasteiger partial charge in [0.1, 0.15) is 0 Å². The number of nitrogens with zero attached hydrogens (tertiary/aromatic N) is 5. The van der Waals surface area contributed by atoms with Crippen LogP contribution in [0, 0.1) is 24.7 Å². The molecule has 3 atom stereocenters. The molecule has 0 spiro atoms. The number of ether oxygens (including phenoxy) is 1. The zero-order chi connectivity index (χ0) is 14.9. The van der Waals surface area contributed by atoms with Crippen molar-refractivity contribution in [3.05, 3.63) is 30.2 Å². The lowest BCUT2D eigenvalue weighted by Crippen LogP contribution is -2.36. The molecular formula is C15H19N5O2. The van der Waals surface area contributed by atoms with E-state index in [1.165, 1.54) is 0 Å². The Balaban J connectivity index is 1.49. The lowest BCUT2D eigenvalue weighted by Gasteiger charge is -2.31. The van der Waals surface area contributed by atoms with Crippen molar-refractivity contribution in [1.29, 1.82) is 0 Å². The Morgan fingerprint density at radius 3 is 2.82 bits per heavy atom. The van der Waals surface area contributed by atoms with E-state index in [-0.39, 0.29) is 0 Å². The summed E-state index contributed by atoms with van der Waals surface area (Å²) in [6.07, 6.45) is 4.37. The number of aromatic nitrogens is 4. The van der Waals surface area contributed by atoms with Crippen molar-refractivity contribution in [3.8, 4) is 0 Å². The minimum atomic E-state index is 0.410. The second-order valence-electron chi connectivity index (χ2n) is 6.09. The van der Waals surface area contributed by atoms with Gasteiger partial charge in [0.15, 0.2) is 0 Å². The van der Waals surface area contributed by atoms with Gasteiger partial charge in [-0.15, -0.1) is 10.2 Å². The highest BCUT2D eigenvalue weighted by atomic mass is 16.5. The first-order valence-electron chi connectivity index (χ1n) is 7.68. The van der Waals surface area contributed by atoms with E-state index < -0.39 is 0 Å². The van der Waals surface area contributed by atoms with Crippen molar-refractivity contribution in [2.45, 2.75) is 13.3 Å². The van der Waals surface area contributed by atoms with Gasteiger partial charge < -0.3 is 14.1 Å². The Bertz CT molecular complexity index is 632. The van der Waals surface area contributed by atoms with E-state index in [0.29, 0.717) is 29.5 Å². The van der Waals surface area contributed by atoms with Crippen LogP contribution in [0.2, 0.25) is 0 Å². The third kappa shape index (κ3) is 2.56. The predicted molar refractivity (Wildman–Crippen MR) is 78.3 cm³/mol. The van der Waals surface area contributed by atoms with Crippen LogP contribution >= 0.6 is 0 Å². The highest BCUT2D eigenvalue weighted by Crippen LogP contribution is 2.36. The molecule has 2 aromatic rings. The van der Waals surface area contributed by atoms with E-state index in [9.17, 15) is 0 Å². The quantitative estimate of drug-likeness (QED) is 0.840. The van der Waals surface area contributed by atoms with E-state index in [1.54, 1.807) is 12.4 Å². The molecule has 0 aromatic carbocycles. The highest BCUT2D eigenvalue weighted by molar-refractivity contribution is 5.31. The van der Waals surface area contributed by atoms with E-state index in [1.807, 2.05) is 13.0 Å². The number of anilines is 1. The third-order valence-electron chi connectivity index (χ3n) is 4.60. The van der Waals surface area contributed by atoms with Gasteiger partial charge in [0.2, 0.25) is 17.7 Å². The summed E-state index contributed by atoms with van der Waals surface area (Å²) in [7, 11) is 0. The summed E-state index contributed by atoms with van der Waals surface area (Å²) < 4.78 is 11.3. The van der Waals surface area contributed by atoms with E-state index >= 15 is 0 Å². The SMILES string of the molecule is Cc1nnc(C[C@@H]2COC[C@H]3CN(c4ncccn4)C[C@@H]23)o1. The van der Waals surface area contributed by atoms with Crippen LogP contribution in [0.3, 0.4) is 0 Å². The molecule has 0 radical (unpaired) electrons. The smallest absolute Gasteiger partial charge is 0.225 e. The molecule has 116 valence electrons. The fraction of sp³-hybridized carbons (Fsp3) is 0.600. The summed E-state index contributed by atoms with van der Waals surface area (Å²) in [5.41, 5.74) is 0. The number of fused-ring (bicyclic) bond motifs is 1. The fourth-order valence-electron chi connectivity index (χ4n) is 3.57. The first-order valence-corrected chi connectivity index (χ1v) is 7.68. The Morgan fingerprint density at radius 2 is 2.05 bits per heavy atom. The number of aryl methyl sites for hydroxylation is 1. The lowest BCUT2D eigenvalue weighted by molar-refractivity contribution is -0.0107. The maximum absolute atomic E-state index is 5.80. The van der Waals surface area contributed by atoms with Crippen LogP contribution < -0.4 is 4.90 Å². The first-order chi connectivity index (χ1) is 10.8. The molecule has 0 unspecified atom stereocenters. The average molecular weight is 301 g/mol. The van der Waals surface area contributed by atoms with E-state index in [0.717, 1.165) is 38.7 Å². The van der Waals surface area contributed by atoms with Crippen molar-refractivity contribution in [3.63, 3.8) is 0 Å². The summed E-state index contributed by atoms with van der Waals surface area (Å²) in [6.45, 7) is 5.31. The fourth-order valence-corrected chi connectivity index (χ4v) is 3.57. The van der Waals surface area contributed by atoms with Gasteiger partial charge in [-0.05, 0) is 17.9 Å². The summed E-state index contributed by atoms with van der Waals surface area (Å²) >= 11 is 0. The van der Waals surface area contributed by atoms with Crippen molar-refractivity contribution in [1.82, 2.24) is 20.2 Å². The van der Waals surface area contributed by atoms with Crippen molar-refractivity contribution < 1.29 is 9.15 Å². The minimum Gasteiger partial charge on any atom is -0.426 e. The molecule has 2 fully saturated rings.